The predicted octanol–water partition coefficient (Wildman–Crippen LogP) is 4.57. The van der Waals surface area contributed by atoms with E-state index in [9.17, 15) is 0 Å². The molecular formula is C42H26BNSe2. The van der Waals surface area contributed by atoms with Crippen LogP contribution in [0.4, 0.5) is 0 Å². The molecule has 0 fully saturated rings. The molecule has 0 unspecified atom stereocenters. The Bertz CT molecular complexity index is 2320. The zero-order chi connectivity index (χ0) is 30.2. The molecule has 1 aromatic heterocycles. The van der Waals surface area contributed by atoms with Crippen LogP contribution in [0, 0.1) is 0 Å². The van der Waals surface area contributed by atoms with Crippen LogP contribution in [0.15, 0.2) is 158 Å². The quantitative estimate of drug-likeness (QED) is 0.237. The van der Waals surface area contributed by atoms with Crippen LogP contribution < -0.4 is 34.2 Å². The molecule has 0 atom stereocenters. The molecule has 0 saturated carbocycles. The van der Waals surface area contributed by atoms with Crippen molar-refractivity contribution < 1.29 is 0 Å². The van der Waals surface area contributed by atoms with Crippen LogP contribution in [0.5, 0.6) is 0 Å². The van der Waals surface area contributed by atoms with Crippen molar-refractivity contribution in [2.24, 2.45) is 0 Å². The first-order valence-corrected chi connectivity index (χ1v) is 19.1. The van der Waals surface area contributed by atoms with Gasteiger partial charge in [0, 0.05) is 0 Å². The number of fused-ring (bicyclic) bond motifs is 7. The second-order valence-corrected chi connectivity index (χ2v) is 16.6. The maximum absolute atomic E-state index is 2.61. The second kappa shape index (κ2) is 10.5. The summed E-state index contributed by atoms with van der Waals surface area (Å²) in [6.45, 7) is 0.315. The van der Waals surface area contributed by atoms with Crippen molar-refractivity contribution >= 4 is 92.7 Å². The fourth-order valence-corrected chi connectivity index (χ4v) is 13.0. The van der Waals surface area contributed by atoms with E-state index in [0.717, 1.165) is 0 Å². The molecule has 0 amide bonds. The van der Waals surface area contributed by atoms with Crippen molar-refractivity contribution in [2.75, 3.05) is 0 Å². The van der Waals surface area contributed by atoms with Gasteiger partial charge in [-0.05, 0) is 0 Å². The van der Waals surface area contributed by atoms with E-state index in [-0.39, 0.29) is 29.9 Å². The summed E-state index contributed by atoms with van der Waals surface area (Å²) in [6, 6.07) is 59.0. The molecule has 7 aromatic carbocycles. The van der Waals surface area contributed by atoms with Gasteiger partial charge in [0.2, 0.25) is 0 Å². The van der Waals surface area contributed by atoms with Gasteiger partial charge in [0.25, 0.3) is 0 Å². The standard InChI is InChI=1S/C42H26BNSe2/c1-3-13-27(14-4-1)30-17-11-19-32-33-20-12-18-31(28-15-5-2-6-16-28)42(33)44(41(30)32)29-25-38-40-39(26-29)46-37-24-10-8-22-35(37)43(40)34-21-7-9-23-36(34)45-38/h1-26H. The topological polar surface area (TPSA) is 4.93 Å². The van der Waals surface area contributed by atoms with Crippen LogP contribution >= 0.6 is 0 Å². The minimum absolute atomic E-state index is 0.235. The van der Waals surface area contributed by atoms with E-state index in [4.69, 9.17) is 0 Å². The molecule has 1 nitrogen and oxygen atoms in total. The summed E-state index contributed by atoms with van der Waals surface area (Å²) in [4.78, 5) is 0. The Hall–Kier alpha value is -4.56. The van der Waals surface area contributed by atoms with Crippen LogP contribution in [0.1, 0.15) is 0 Å². The Morgan fingerprint density at radius 3 is 1.37 bits per heavy atom. The molecule has 0 bridgehead atoms. The molecule has 46 heavy (non-hydrogen) atoms. The minimum atomic E-state index is 0.235. The van der Waals surface area contributed by atoms with Gasteiger partial charge in [0.15, 0.2) is 0 Å². The third-order valence-electron chi connectivity index (χ3n) is 9.51. The van der Waals surface area contributed by atoms with Crippen molar-refractivity contribution in [1.82, 2.24) is 4.57 Å². The van der Waals surface area contributed by atoms with E-state index in [0.29, 0.717) is 6.71 Å². The number of hydrogen-bond acceptors (Lipinski definition) is 0. The zero-order valence-corrected chi connectivity index (χ0v) is 28.3. The summed E-state index contributed by atoms with van der Waals surface area (Å²) in [6.07, 6.45) is 0. The Kier molecular flexibility index (Phi) is 6.08. The number of benzene rings is 7. The normalized spacial score (nSPS) is 13.0. The third kappa shape index (κ3) is 3.95. The van der Waals surface area contributed by atoms with E-state index in [2.05, 4.69) is 162 Å². The average molecular weight is 713 g/mol. The second-order valence-electron chi connectivity index (χ2n) is 12.0. The van der Waals surface area contributed by atoms with Crippen molar-refractivity contribution in [2.45, 2.75) is 0 Å². The van der Waals surface area contributed by atoms with E-state index >= 15 is 0 Å². The van der Waals surface area contributed by atoms with Gasteiger partial charge < -0.3 is 0 Å². The number of nitrogens with zero attached hydrogens (tertiary/aromatic N) is 1. The summed E-state index contributed by atoms with van der Waals surface area (Å²) in [5.41, 5.74) is 13.4. The number of para-hydroxylation sites is 2. The molecule has 0 spiro atoms. The van der Waals surface area contributed by atoms with Crippen LogP contribution in [0.2, 0.25) is 0 Å². The van der Waals surface area contributed by atoms with Crippen molar-refractivity contribution in [3.05, 3.63) is 158 Å². The van der Waals surface area contributed by atoms with Crippen LogP contribution in [-0.2, 0) is 0 Å². The van der Waals surface area contributed by atoms with Crippen LogP contribution in [-0.4, -0.2) is 41.2 Å². The number of rotatable bonds is 3. The van der Waals surface area contributed by atoms with Gasteiger partial charge in [-0.15, -0.1) is 0 Å². The fourth-order valence-electron chi connectivity index (χ4n) is 7.58. The first-order chi connectivity index (χ1) is 22.8. The van der Waals surface area contributed by atoms with Gasteiger partial charge in [-0.3, -0.25) is 0 Å². The Morgan fingerprint density at radius 1 is 0.413 bits per heavy atom. The average Bonchev–Trinajstić information content (AvgIpc) is 3.47. The molecule has 0 radical (unpaired) electrons. The number of aromatic nitrogens is 1. The predicted molar refractivity (Wildman–Crippen MR) is 199 cm³/mol. The molecule has 2 aliphatic heterocycles. The van der Waals surface area contributed by atoms with E-state index < -0.39 is 0 Å². The Labute approximate surface area is 281 Å². The summed E-state index contributed by atoms with van der Waals surface area (Å²) >= 11 is 0.470. The van der Waals surface area contributed by atoms with Gasteiger partial charge >= 0.3 is 283 Å². The van der Waals surface area contributed by atoms with Gasteiger partial charge in [-0.25, -0.2) is 0 Å². The maximum atomic E-state index is 2.61. The van der Waals surface area contributed by atoms with E-state index in [1.165, 1.54) is 78.5 Å². The first-order valence-electron chi connectivity index (χ1n) is 15.7. The molecule has 0 aliphatic carbocycles. The van der Waals surface area contributed by atoms with Gasteiger partial charge in [0.1, 0.15) is 0 Å². The summed E-state index contributed by atoms with van der Waals surface area (Å²) in [7, 11) is 0. The first kappa shape index (κ1) is 26.6. The molecule has 8 aromatic rings. The van der Waals surface area contributed by atoms with Crippen molar-refractivity contribution in [3.8, 4) is 27.9 Å². The van der Waals surface area contributed by atoms with Gasteiger partial charge in [-0.2, -0.15) is 0 Å². The fraction of sp³-hybridized carbons (Fsp3) is 0. The monoisotopic (exact) mass is 715 g/mol. The third-order valence-corrected chi connectivity index (χ3v) is 14.3. The van der Waals surface area contributed by atoms with Crippen LogP contribution in [0.3, 0.4) is 0 Å². The molecule has 0 N–H and O–H groups in total. The summed E-state index contributed by atoms with van der Waals surface area (Å²) in [5.74, 6) is 0. The molecule has 0 saturated heterocycles. The van der Waals surface area contributed by atoms with Gasteiger partial charge in [-0.1, -0.05) is 0 Å². The van der Waals surface area contributed by atoms with E-state index in [1.54, 1.807) is 5.46 Å². The molecule has 2 aliphatic rings. The molecular weight excluding hydrogens is 687 g/mol. The summed E-state index contributed by atoms with van der Waals surface area (Å²) in [5, 5.41) is 2.59. The zero-order valence-electron chi connectivity index (χ0n) is 24.9. The summed E-state index contributed by atoms with van der Waals surface area (Å²) < 4.78 is 8.69. The van der Waals surface area contributed by atoms with Gasteiger partial charge in [0.05, 0.1) is 0 Å². The van der Waals surface area contributed by atoms with Crippen molar-refractivity contribution in [1.29, 1.82) is 0 Å². The SMILES string of the molecule is c1ccc(-c2cccc3c4cccc(-c5ccccc5)c4n(-c4cc5c6c(c4)[Se]c4ccccc4B6c4ccccc4[Se]5)c23)cc1. The molecule has 3 heterocycles. The Morgan fingerprint density at radius 2 is 0.870 bits per heavy atom. The Balaban J connectivity index is 1.33. The molecule has 214 valence electrons. The van der Waals surface area contributed by atoms with E-state index in [1.807, 2.05) is 0 Å². The van der Waals surface area contributed by atoms with Crippen LogP contribution in [0.25, 0.3) is 49.7 Å². The number of hydrogen-bond donors (Lipinski definition) is 0. The molecule has 10 rings (SSSR count). The molecule has 4 heteroatoms. The van der Waals surface area contributed by atoms with Crippen molar-refractivity contribution in [3.63, 3.8) is 0 Å².